The molecule has 4 rings (SSSR count). The quantitative estimate of drug-likeness (QED) is 0.0674. The number of anilines is 1. The highest BCUT2D eigenvalue weighted by atomic mass is 16.5. The second-order valence-electron chi connectivity index (χ2n) is 9.46. The van der Waals surface area contributed by atoms with Crippen molar-refractivity contribution < 1.29 is 24.6 Å². The zero-order chi connectivity index (χ0) is 27.5. The molecule has 204 valence electrons. The highest BCUT2D eigenvalue weighted by molar-refractivity contribution is 5.87. The van der Waals surface area contributed by atoms with Gasteiger partial charge in [0, 0.05) is 18.5 Å². The topological polar surface area (TPSA) is 118 Å². The molecule has 0 amide bonds. The van der Waals surface area contributed by atoms with Gasteiger partial charge in [-0.1, -0.05) is 71.9 Å². The fourth-order valence-corrected chi connectivity index (χ4v) is 4.51. The number of carboxylic acid groups (broad SMARTS) is 1. The number of aliphatic carboxylic acids is 1. The lowest BCUT2D eigenvalue weighted by atomic mass is 10.1. The van der Waals surface area contributed by atoms with Crippen molar-refractivity contribution in [1.29, 1.82) is 0 Å². The number of hydrogen-bond donors (Lipinski definition) is 3. The van der Waals surface area contributed by atoms with Gasteiger partial charge in [0.1, 0.15) is 5.75 Å². The maximum atomic E-state index is 11.0. The van der Waals surface area contributed by atoms with Gasteiger partial charge >= 0.3 is 5.97 Å². The number of carboxylic acids is 1. The first-order valence-electron chi connectivity index (χ1n) is 13.2. The van der Waals surface area contributed by atoms with Crippen molar-refractivity contribution in [2.75, 3.05) is 24.6 Å². The zero-order valence-electron chi connectivity index (χ0n) is 21.9. The van der Waals surface area contributed by atoms with Crippen LogP contribution >= 0.6 is 0 Å². The number of ether oxygens (including phenoxy) is 2. The van der Waals surface area contributed by atoms with Crippen molar-refractivity contribution in [2.45, 2.75) is 38.2 Å². The van der Waals surface area contributed by atoms with E-state index in [2.05, 4.69) is 29.4 Å². The molecule has 0 aromatic heterocycles. The van der Waals surface area contributed by atoms with Crippen molar-refractivity contribution in [2.24, 2.45) is 10.9 Å². The Hall–Kier alpha value is -4.46. The number of nitrogens with zero attached hydrogens (tertiary/aromatic N) is 2. The summed E-state index contributed by atoms with van der Waals surface area (Å²) in [5.74, 6) is 0.583. The third-order valence-electron chi connectivity index (χ3n) is 6.58. The van der Waals surface area contributed by atoms with E-state index in [1.807, 2.05) is 65.6 Å². The van der Waals surface area contributed by atoms with Crippen molar-refractivity contribution in [1.82, 2.24) is 0 Å². The molecule has 0 saturated heterocycles. The maximum Gasteiger partial charge on any atom is 0.303 e. The van der Waals surface area contributed by atoms with Crippen molar-refractivity contribution >= 4 is 29.6 Å². The molecule has 1 aliphatic heterocycles. The Bertz CT molecular complexity index is 1280. The molecule has 0 saturated carbocycles. The van der Waals surface area contributed by atoms with Gasteiger partial charge in [0.05, 0.1) is 18.8 Å². The van der Waals surface area contributed by atoms with Crippen LogP contribution in [0.2, 0.25) is 0 Å². The van der Waals surface area contributed by atoms with E-state index in [-0.39, 0.29) is 12.3 Å². The van der Waals surface area contributed by atoms with Crippen LogP contribution in [0.4, 0.5) is 5.69 Å². The van der Waals surface area contributed by atoms with Gasteiger partial charge in [0.25, 0.3) is 0 Å². The van der Waals surface area contributed by atoms with E-state index >= 15 is 0 Å². The molecule has 4 N–H and O–H groups in total. The number of fused-ring (bicyclic) bond motifs is 1. The number of unbranched alkanes of at least 4 members (excludes halogenated alkanes) is 1. The molecule has 0 bridgehead atoms. The Morgan fingerprint density at radius 2 is 1.82 bits per heavy atom. The minimum absolute atomic E-state index is 0.0293. The number of nitrogens with two attached hydrogens (primary N) is 1. The SMILES string of the molecule is NC(=NO)C1CN(CCCC(=O)O)c2cccc(C=Cc3ccc(OCCCCc4ccccc4)cc3)c2O1. The van der Waals surface area contributed by atoms with Gasteiger partial charge in [-0.3, -0.25) is 4.79 Å². The largest absolute Gasteiger partial charge is 0.494 e. The highest BCUT2D eigenvalue weighted by Crippen LogP contribution is 2.38. The second kappa shape index (κ2) is 13.9. The molecule has 1 heterocycles. The average Bonchev–Trinajstić information content (AvgIpc) is 2.96. The number of carbonyl (C=O) groups is 1. The highest BCUT2D eigenvalue weighted by Gasteiger charge is 2.29. The Kier molecular flexibility index (Phi) is 9.83. The molecule has 1 aliphatic rings. The summed E-state index contributed by atoms with van der Waals surface area (Å²) in [7, 11) is 0. The summed E-state index contributed by atoms with van der Waals surface area (Å²) in [5, 5.41) is 21.4. The Balaban J connectivity index is 1.37. The smallest absolute Gasteiger partial charge is 0.303 e. The van der Waals surface area contributed by atoms with Crippen molar-refractivity contribution in [3.8, 4) is 11.5 Å². The third kappa shape index (κ3) is 8.01. The van der Waals surface area contributed by atoms with Crippen LogP contribution in [0.3, 0.4) is 0 Å². The van der Waals surface area contributed by atoms with Crippen LogP contribution in [0.1, 0.15) is 42.4 Å². The lowest BCUT2D eigenvalue weighted by Gasteiger charge is -2.36. The third-order valence-corrected chi connectivity index (χ3v) is 6.58. The van der Waals surface area contributed by atoms with Gasteiger partial charge in [0.2, 0.25) is 0 Å². The molecule has 8 heteroatoms. The van der Waals surface area contributed by atoms with Crippen molar-refractivity contribution in [3.63, 3.8) is 0 Å². The van der Waals surface area contributed by atoms with Crippen LogP contribution in [0.15, 0.2) is 78.0 Å². The molecule has 3 aromatic rings. The van der Waals surface area contributed by atoms with E-state index in [1.54, 1.807) is 0 Å². The first-order valence-corrected chi connectivity index (χ1v) is 13.2. The molecule has 8 nitrogen and oxygen atoms in total. The van der Waals surface area contributed by atoms with Crippen LogP contribution in [0.25, 0.3) is 12.2 Å². The fraction of sp³-hybridized carbons (Fsp3) is 0.290. The number of aryl methyl sites for hydroxylation is 1. The maximum absolute atomic E-state index is 11.0. The number of rotatable bonds is 13. The van der Waals surface area contributed by atoms with E-state index in [1.165, 1.54) is 5.56 Å². The molecule has 1 unspecified atom stereocenters. The first kappa shape index (κ1) is 27.6. The minimum Gasteiger partial charge on any atom is -0.494 e. The molecule has 1 atom stereocenters. The molecular formula is C31H35N3O5. The van der Waals surface area contributed by atoms with E-state index in [0.717, 1.165) is 41.8 Å². The molecule has 0 fully saturated rings. The summed E-state index contributed by atoms with van der Waals surface area (Å²) in [6.07, 6.45) is 6.98. The summed E-state index contributed by atoms with van der Waals surface area (Å²) >= 11 is 0. The predicted molar refractivity (Wildman–Crippen MR) is 154 cm³/mol. The Morgan fingerprint density at radius 1 is 1.03 bits per heavy atom. The molecule has 0 radical (unpaired) electrons. The first-order chi connectivity index (χ1) is 19.0. The van der Waals surface area contributed by atoms with E-state index in [4.69, 9.17) is 20.3 Å². The van der Waals surface area contributed by atoms with Gasteiger partial charge in [-0.25, -0.2) is 0 Å². The Morgan fingerprint density at radius 3 is 2.56 bits per heavy atom. The molecule has 0 spiro atoms. The number of amidine groups is 1. The van der Waals surface area contributed by atoms with Gasteiger partial charge in [-0.05, 0) is 55.0 Å². The number of benzene rings is 3. The van der Waals surface area contributed by atoms with Crippen LogP contribution in [0.5, 0.6) is 11.5 Å². The number of hydrogen-bond acceptors (Lipinski definition) is 6. The van der Waals surface area contributed by atoms with Crippen LogP contribution in [-0.2, 0) is 11.2 Å². The monoisotopic (exact) mass is 529 g/mol. The molecule has 39 heavy (non-hydrogen) atoms. The summed E-state index contributed by atoms with van der Waals surface area (Å²) in [5.41, 5.74) is 9.92. The van der Waals surface area contributed by atoms with Gasteiger partial charge in [-0.15, -0.1) is 0 Å². The standard InChI is InChI=1S/C31H35N3O5/c32-31(33-37)28-22-34(20-7-13-29(35)36)27-12-6-11-25(30(27)39-28)17-14-24-15-18-26(19-16-24)38-21-5-4-10-23-8-2-1-3-9-23/h1-3,6,8-9,11-12,14-19,28,37H,4-5,7,10,13,20-22H2,(H2,32,33)(H,35,36). The van der Waals surface area contributed by atoms with Gasteiger partial charge < -0.3 is 30.4 Å². The minimum atomic E-state index is -0.840. The van der Waals surface area contributed by atoms with Crippen molar-refractivity contribution in [3.05, 3.63) is 89.5 Å². The normalized spacial score (nSPS) is 15.1. The zero-order valence-corrected chi connectivity index (χ0v) is 21.9. The van der Waals surface area contributed by atoms with Crippen LogP contribution in [-0.4, -0.2) is 47.9 Å². The summed E-state index contributed by atoms with van der Waals surface area (Å²) < 4.78 is 12.0. The summed E-state index contributed by atoms with van der Waals surface area (Å²) in [4.78, 5) is 13.0. The average molecular weight is 530 g/mol. The molecule has 3 aromatic carbocycles. The fourth-order valence-electron chi connectivity index (χ4n) is 4.51. The van der Waals surface area contributed by atoms with E-state index < -0.39 is 12.1 Å². The number of oxime groups is 1. The lowest BCUT2D eigenvalue weighted by molar-refractivity contribution is -0.137. The van der Waals surface area contributed by atoms with E-state index in [0.29, 0.717) is 31.9 Å². The van der Waals surface area contributed by atoms with Crippen LogP contribution < -0.4 is 20.1 Å². The molecule has 0 aliphatic carbocycles. The van der Waals surface area contributed by atoms with Gasteiger partial charge in [-0.2, -0.15) is 0 Å². The second-order valence-corrected chi connectivity index (χ2v) is 9.46. The summed E-state index contributed by atoms with van der Waals surface area (Å²) in [6.45, 7) is 1.56. The molecular weight excluding hydrogens is 494 g/mol. The van der Waals surface area contributed by atoms with Gasteiger partial charge in [0.15, 0.2) is 17.7 Å². The number of para-hydroxylation sites is 1. The predicted octanol–water partition coefficient (Wildman–Crippen LogP) is 5.44. The van der Waals surface area contributed by atoms with E-state index in [9.17, 15) is 10.0 Å². The lowest BCUT2D eigenvalue weighted by Crippen LogP contribution is -2.47. The summed E-state index contributed by atoms with van der Waals surface area (Å²) in [6, 6.07) is 24.2. The van der Waals surface area contributed by atoms with Crippen LogP contribution in [0, 0.1) is 0 Å². The Labute approximate surface area is 229 Å².